The average Bonchev–Trinajstić information content (AvgIpc) is 2.85. The van der Waals surface area contributed by atoms with Crippen LogP contribution in [0.25, 0.3) is 11.3 Å². The molecule has 1 fully saturated rings. The lowest BCUT2D eigenvalue weighted by atomic mass is 10.1. The van der Waals surface area contributed by atoms with Crippen molar-refractivity contribution in [2.24, 2.45) is 0 Å². The highest BCUT2D eigenvalue weighted by atomic mass is 16.6. The second-order valence-corrected chi connectivity index (χ2v) is 7.93. The lowest BCUT2D eigenvalue weighted by Crippen LogP contribution is -2.42. The number of rotatable bonds is 6. The van der Waals surface area contributed by atoms with Crippen molar-refractivity contribution in [2.75, 3.05) is 51.8 Å². The third-order valence-corrected chi connectivity index (χ3v) is 5.72. The van der Waals surface area contributed by atoms with Crippen LogP contribution in [0.3, 0.4) is 0 Å². The van der Waals surface area contributed by atoms with Crippen molar-refractivity contribution in [3.8, 4) is 28.6 Å². The van der Waals surface area contributed by atoms with E-state index in [1.165, 1.54) is 5.56 Å². The molecule has 3 heterocycles. The Morgan fingerprint density at radius 1 is 1.03 bits per heavy atom. The average molecular weight is 433 g/mol. The molecule has 5 rings (SSSR count). The van der Waals surface area contributed by atoms with Crippen LogP contribution >= 0.6 is 0 Å². The van der Waals surface area contributed by atoms with Gasteiger partial charge in [0.1, 0.15) is 18.9 Å². The Hall–Kier alpha value is -3.29. The van der Waals surface area contributed by atoms with Crippen LogP contribution in [0.1, 0.15) is 5.56 Å². The SMILES string of the molecule is COc1nc(-c2cccc3c2OCCO3)ccc1Nc1cccc(CN2CCNCC2)c1. The van der Waals surface area contributed by atoms with Gasteiger partial charge in [0.15, 0.2) is 11.5 Å². The summed E-state index contributed by atoms with van der Waals surface area (Å²) in [5.41, 5.74) is 4.79. The van der Waals surface area contributed by atoms with Gasteiger partial charge >= 0.3 is 0 Å². The number of fused-ring (bicyclic) bond motifs is 1. The highest BCUT2D eigenvalue weighted by Gasteiger charge is 2.19. The topological polar surface area (TPSA) is 67.9 Å². The van der Waals surface area contributed by atoms with Gasteiger partial charge in [-0.05, 0) is 42.0 Å². The van der Waals surface area contributed by atoms with E-state index in [9.17, 15) is 0 Å². The Morgan fingerprint density at radius 3 is 2.75 bits per heavy atom. The van der Waals surface area contributed by atoms with Crippen LogP contribution in [0.2, 0.25) is 0 Å². The van der Waals surface area contributed by atoms with E-state index in [0.29, 0.717) is 19.1 Å². The summed E-state index contributed by atoms with van der Waals surface area (Å²) in [5, 5.41) is 6.87. The first-order chi connectivity index (χ1) is 15.8. The van der Waals surface area contributed by atoms with Gasteiger partial charge in [-0.2, -0.15) is 0 Å². The maximum atomic E-state index is 5.85. The lowest BCUT2D eigenvalue weighted by molar-refractivity contribution is 0.172. The van der Waals surface area contributed by atoms with Gasteiger partial charge in [-0.25, -0.2) is 4.98 Å². The number of pyridine rings is 1. The number of ether oxygens (including phenoxy) is 3. The second kappa shape index (κ2) is 9.46. The molecule has 3 aromatic rings. The fraction of sp³-hybridized carbons (Fsp3) is 0.320. The van der Waals surface area contributed by atoms with Crippen LogP contribution in [0.4, 0.5) is 11.4 Å². The quantitative estimate of drug-likeness (QED) is 0.616. The molecule has 1 saturated heterocycles. The van der Waals surface area contributed by atoms with Crippen molar-refractivity contribution in [2.45, 2.75) is 6.54 Å². The third kappa shape index (κ3) is 4.49. The zero-order valence-electron chi connectivity index (χ0n) is 18.3. The molecule has 2 aromatic carbocycles. The first-order valence-electron chi connectivity index (χ1n) is 11.0. The molecule has 32 heavy (non-hydrogen) atoms. The molecule has 2 aliphatic rings. The maximum Gasteiger partial charge on any atom is 0.238 e. The van der Waals surface area contributed by atoms with Crippen LogP contribution in [-0.4, -0.2) is 56.4 Å². The lowest BCUT2D eigenvalue weighted by Gasteiger charge is -2.27. The molecule has 0 aliphatic carbocycles. The largest absolute Gasteiger partial charge is 0.486 e. The Kier molecular flexibility index (Phi) is 6.09. The fourth-order valence-corrected chi connectivity index (χ4v) is 4.15. The third-order valence-electron chi connectivity index (χ3n) is 5.72. The van der Waals surface area contributed by atoms with Crippen LogP contribution in [-0.2, 0) is 6.54 Å². The molecule has 166 valence electrons. The number of para-hydroxylation sites is 1. The molecular formula is C25H28N4O3. The van der Waals surface area contributed by atoms with Crippen LogP contribution in [0.5, 0.6) is 17.4 Å². The van der Waals surface area contributed by atoms with Gasteiger partial charge < -0.3 is 24.8 Å². The highest BCUT2D eigenvalue weighted by molar-refractivity contribution is 5.74. The molecule has 2 aliphatic heterocycles. The zero-order chi connectivity index (χ0) is 21.8. The summed E-state index contributed by atoms with van der Waals surface area (Å²) >= 11 is 0. The summed E-state index contributed by atoms with van der Waals surface area (Å²) in [5.74, 6) is 2.01. The van der Waals surface area contributed by atoms with Gasteiger partial charge in [0, 0.05) is 44.0 Å². The summed E-state index contributed by atoms with van der Waals surface area (Å²) in [6.07, 6.45) is 0. The molecule has 0 unspecified atom stereocenters. The standard InChI is InChI=1S/C25H28N4O3/c1-30-25-22(27-19-5-2-4-18(16-19)17-29-12-10-26-11-13-29)9-8-21(28-25)20-6-3-7-23-24(20)32-15-14-31-23/h2-9,16,26-27H,10-15,17H2,1H3. The predicted octanol–water partition coefficient (Wildman–Crippen LogP) is 3.68. The molecule has 0 atom stereocenters. The number of nitrogens with zero attached hydrogens (tertiary/aromatic N) is 2. The number of hydrogen-bond acceptors (Lipinski definition) is 7. The first-order valence-corrected chi connectivity index (χ1v) is 11.0. The van der Waals surface area contributed by atoms with Gasteiger partial charge in [0.25, 0.3) is 0 Å². The van der Waals surface area contributed by atoms with Gasteiger partial charge in [-0.3, -0.25) is 4.90 Å². The van der Waals surface area contributed by atoms with Crippen LogP contribution < -0.4 is 24.8 Å². The van der Waals surface area contributed by atoms with Crippen molar-refractivity contribution in [1.29, 1.82) is 0 Å². The summed E-state index contributed by atoms with van der Waals surface area (Å²) < 4.78 is 17.2. The molecule has 0 amide bonds. The molecule has 0 bridgehead atoms. The zero-order valence-corrected chi connectivity index (χ0v) is 18.3. The number of aromatic nitrogens is 1. The smallest absolute Gasteiger partial charge is 0.238 e. The second-order valence-electron chi connectivity index (χ2n) is 7.93. The monoisotopic (exact) mass is 432 g/mol. The van der Waals surface area contributed by atoms with Crippen molar-refractivity contribution in [3.63, 3.8) is 0 Å². The number of methoxy groups -OCH3 is 1. The minimum Gasteiger partial charge on any atom is -0.486 e. The van der Waals surface area contributed by atoms with E-state index in [2.05, 4.69) is 39.8 Å². The first kappa shape index (κ1) is 20.6. The van der Waals surface area contributed by atoms with Crippen LogP contribution in [0, 0.1) is 0 Å². The Morgan fingerprint density at radius 2 is 1.88 bits per heavy atom. The molecule has 1 aromatic heterocycles. The summed E-state index contributed by atoms with van der Waals surface area (Å²) in [4.78, 5) is 7.22. The van der Waals surface area contributed by atoms with E-state index < -0.39 is 0 Å². The minimum atomic E-state index is 0.532. The molecule has 0 radical (unpaired) electrons. The Labute approximate surface area is 188 Å². The maximum absolute atomic E-state index is 5.85. The number of nitrogens with one attached hydrogen (secondary N) is 2. The van der Waals surface area contributed by atoms with E-state index >= 15 is 0 Å². The minimum absolute atomic E-state index is 0.532. The van der Waals surface area contributed by atoms with E-state index in [0.717, 1.165) is 66.9 Å². The summed E-state index contributed by atoms with van der Waals surface area (Å²) in [7, 11) is 1.64. The van der Waals surface area contributed by atoms with E-state index in [4.69, 9.17) is 19.2 Å². The molecular weight excluding hydrogens is 404 g/mol. The normalized spacial score (nSPS) is 15.9. The van der Waals surface area contributed by atoms with E-state index in [1.807, 2.05) is 30.3 Å². The predicted molar refractivity (Wildman–Crippen MR) is 125 cm³/mol. The molecule has 2 N–H and O–H groups in total. The number of piperazine rings is 1. The summed E-state index contributed by atoms with van der Waals surface area (Å²) in [6, 6.07) is 18.3. The Bertz CT molecular complexity index is 1080. The van der Waals surface area contributed by atoms with Crippen molar-refractivity contribution >= 4 is 11.4 Å². The van der Waals surface area contributed by atoms with Gasteiger partial charge in [0.2, 0.25) is 5.88 Å². The van der Waals surface area contributed by atoms with Gasteiger partial charge in [-0.1, -0.05) is 18.2 Å². The molecule has 0 spiro atoms. The molecule has 0 saturated carbocycles. The number of benzene rings is 2. The van der Waals surface area contributed by atoms with Gasteiger partial charge in [-0.15, -0.1) is 0 Å². The van der Waals surface area contributed by atoms with E-state index in [-0.39, 0.29) is 0 Å². The van der Waals surface area contributed by atoms with Crippen molar-refractivity contribution in [1.82, 2.24) is 15.2 Å². The molecule has 7 nitrogen and oxygen atoms in total. The van der Waals surface area contributed by atoms with Gasteiger partial charge in [0.05, 0.1) is 12.8 Å². The Balaban J connectivity index is 1.37. The highest BCUT2D eigenvalue weighted by Crippen LogP contribution is 2.40. The molecule has 7 heteroatoms. The van der Waals surface area contributed by atoms with E-state index in [1.54, 1.807) is 7.11 Å². The fourth-order valence-electron chi connectivity index (χ4n) is 4.15. The number of hydrogen-bond donors (Lipinski definition) is 2. The van der Waals surface area contributed by atoms with Crippen molar-refractivity contribution < 1.29 is 14.2 Å². The summed E-state index contributed by atoms with van der Waals surface area (Å²) in [6.45, 7) is 6.30. The van der Waals surface area contributed by atoms with Crippen LogP contribution in [0.15, 0.2) is 54.6 Å². The van der Waals surface area contributed by atoms with Crippen molar-refractivity contribution in [3.05, 3.63) is 60.2 Å². The number of anilines is 2.